The highest BCUT2D eigenvalue weighted by atomic mass is 16.5. The Balaban J connectivity index is 1.96. The standard InChI is InChI=1S/C16H25N3O2/c1-11(2)19(9-12-4-5-12)10-16(20)18-14-7-6-13(17)8-15(14)21-3/h6-8,11-12H,4-5,9-10,17H2,1-3H3,(H,18,20). The molecule has 5 heteroatoms. The molecular weight excluding hydrogens is 266 g/mol. The number of methoxy groups -OCH3 is 1. The number of carbonyl (C=O) groups excluding carboxylic acids is 1. The summed E-state index contributed by atoms with van der Waals surface area (Å²) in [6.45, 7) is 5.66. The molecule has 0 unspecified atom stereocenters. The molecule has 1 saturated carbocycles. The van der Waals surface area contributed by atoms with Crippen LogP contribution in [0, 0.1) is 5.92 Å². The van der Waals surface area contributed by atoms with Crippen molar-refractivity contribution in [2.24, 2.45) is 5.92 Å². The first-order chi connectivity index (χ1) is 9.99. The number of ether oxygens (including phenoxy) is 1. The Bertz CT molecular complexity index is 498. The molecule has 1 aliphatic rings. The maximum Gasteiger partial charge on any atom is 0.238 e. The van der Waals surface area contributed by atoms with Crippen LogP contribution >= 0.6 is 0 Å². The SMILES string of the molecule is COc1cc(N)ccc1NC(=O)CN(CC1CC1)C(C)C. The Kier molecular flexibility index (Phi) is 5.07. The van der Waals surface area contributed by atoms with Crippen molar-refractivity contribution in [1.82, 2.24) is 4.90 Å². The van der Waals surface area contributed by atoms with E-state index in [0.29, 0.717) is 29.7 Å². The molecule has 5 nitrogen and oxygen atoms in total. The maximum absolute atomic E-state index is 12.2. The topological polar surface area (TPSA) is 67.6 Å². The molecule has 1 fully saturated rings. The third-order valence-corrected chi connectivity index (χ3v) is 3.77. The van der Waals surface area contributed by atoms with Crippen molar-refractivity contribution in [3.63, 3.8) is 0 Å². The summed E-state index contributed by atoms with van der Waals surface area (Å²) < 4.78 is 5.25. The van der Waals surface area contributed by atoms with Crippen LogP contribution < -0.4 is 15.8 Å². The van der Waals surface area contributed by atoms with E-state index in [1.165, 1.54) is 12.8 Å². The second kappa shape index (κ2) is 6.80. The Morgan fingerprint density at radius 2 is 2.19 bits per heavy atom. The Morgan fingerprint density at radius 3 is 2.76 bits per heavy atom. The zero-order chi connectivity index (χ0) is 15.4. The molecule has 1 aromatic rings. The first kappa shape index (κ1) is 15.6. The highest BCUT2D eigenvalue weighted by Crippen LogP contribution is 2.30. The molecule has 1 aliphatic carbocycles. The van der Waals surface area contributed by atoms with Crippen molar-refractivity contribution < 1.29 is 9.53 Å². The van der Waals surface area contributed by atoms with E-state index in [9.17, 15) is 4.79 Å². The Labute approximate surface area is 126 Å². The van der Waals surface area contributed by atoms with Gasteiger partial charge in [0, 0.05) is 24.3 Å². The highest BCUT2D eigenvalue weighted by molar-refractivity contribution is 5.94. The number of nitrogens with two attached hydrogens (primary N) is 1. The number of benzene rings is 1. The minimum atomic E-state index is -0.0209. The molecule has 0 saturated heterocycles. The Hall–Kier alpha value is -1.75. The average Bonchev–Trinajstić information content (AvgIpc) is 3.24. The van der Waals surface area contributed by atoms with Gasteiger partial charge >= 0.3 is 0 Å². The summed E-state index contributed by atoms with van der Waals surface area (Å²) in [7, 11) is 1.57. The zero-order valence-electron chi connectivity index (χ0n) is 13.1. The Morgan fingerprint density at radius 1 is 1.48 bits per heavy atom. The van der Waals surface area contributed by atoms with Crippen molar-refractivity contribution in [2.45, 2.75) is 32.7 Å². The van der Waals surface area contributed by atoms with Crippen LogP contribution in [0.15, 0.2) is 18.2 Å². The molecule has 0 atom stereocenters. The molecule has 0 spiro atoms. The van der Waals surface area contributed by atoms with Crippen molar-refractivity contribution in [1.29, 1.82) is 0 Å². The van der Waals surface area contributed by atoms with Crippen molar-refractivity contribution in [3.8, 4) is 5.75 Å². The fraction of sp³-hybridized carbons (Fsp3) is 0.562. The third kappa shape index (κ3) is 4.63. The van der Waals surface area contributed by atoms with Crippen molar-refractivity contribution >= 4 is 17.3 Å². The summed E-state index contributed by atoms with van der Waals surface area (Å²) in [6.07, 6.45) is 2.58. The number of hydrogen-bond donors (Lipinski definition) is 2. The molecule has 0 aliphatic heterocycles. The summed E-state index contributed by atoms with van der Waals surface area (Å²) in [6, 6.07) is 5.60. The van der Waals surface area contributed by atoms with E-state index in [1.807, 2.05) is 0 Å². The first-order valence-corrected chi connectivity index (χ1v) is 7.47. The monoisotopic (exact) mass is 291 g/mol. The van der Waals surface area contributed by atoms with Crippen molar-refractivity contribution in [2.75, 3.05) is 31.2 Å². The quantitative estimate of drug-likeness (QED) is 0.757. The van der Waals surface area contributed by atoms with Gasteiger partial charge in [-0.25, -0.2) is 0 Å². The van der Waals surface area contributed by atoms with Crippen LogP contribution in [-0.4, -0.2) is 37.0 Å². The van der Waals surface area contributed by atoms with E-state index < -0.39 is 0 Å². The molecule has 2 rings (SSSR count). The van der Waals surface area contributed by atoms with E-state index in [1.54, 1.807) is 25.3 Å². The van der Waals surface area contributed by atoms with Gasteiger partial charge in [0.1, 0.15) is 5.75 Å². The van der Waals surface area contributed by atoms with Gasteiger partial charge in [-0.15, -0.1) is 0 Å². The fourth-order valence-electron chi connectivity index (χ4n) is 2.28. The normalized spacial score (nSPS) is 14.5. The van der Waals surface area contributed by atoms with E-state index in [-0.39, 0.29) is 5.91 Å². The fourth-order valence-corrected chi connectivity index (χ4v) is 2.28. The number of nitrogens with one attached hydrogen (secondary N) is 1. The lowest BCUT2D eigenvalue weighted by Gasteiger charge is -2.25. The summed E-state index contributed by atoms with van der Waals surface area (Å²) in [5, 5.41) is 2.91. The van der Waals surface area contributed by atoms with Crippen LogP contribution in [-0.2, 0) is 4.79 Å². The second-order valence-corrected chi connectivity index (χ2v) is 5.97. The highest BCUT2D eigenvalue weighted by Gasteiger charge is 2.26. The summed E-state index contributed by atoms with van der Waals surface area (Å²) in [5.74, 6) is 1.33. The lowest BCUT2D eigenvalue weighted by atomic mass is 10.2. The van der Waals surface area contributed by atoms with Crippen LogP contribution in [0.1, 0.15) is 26.7 Å². The lowest BCUT2D eigenvalue weighted by molar-refractivity contribution is -0.117. The van der Waals surface area contributed by atoms with E-state index in [4.69, 9.17) is 10.5 Å². The van der Waals surface area contributed by atoms with Gasteiger partial charge in [0.05, 0.1) is 19.3 Å². The van der Waals surface area contributed by atoms with Gasteiger partial charge in [-0.2, -0.15) is 0 Å². The van der Waals surface area contributed by atoms with Crippen LogP contribution in [0.4, 0.5) is 11.4 Å². The molecule has 0 heterocycles. The molecule has 0 aromatic heterocycles. The predicted octanol–water partition coefficient (Wildman–Crippen LogP) is 2.34. The minimum Gasteiger partial charge on any atom is -0.494 e. The molecule has 3 N–H and O–H groups in total. The third-order valence-electron chi connectivity index (χ3n) is 3.77. The predicted molar refractivity (Wildman–Crippen MR) is 85.5 cm³/mol. The van der Waals surface area contributed by atoms with Gasteiger partial charge in [0.15, 0.2) is 0 Å². The number of anilines is 2. The number of nitrogen functional groups attached to an aromatic ring is 1. The van der Waals surface area contributed by atoms with Gasteiger partial charge < -0.3 is 15.8 Å². The van der Waals surface area contributed by atoms with Crippen molar-refractivity contribution in [3.05, 3.63) is 18.2 Å². The average molecular weight is 291 g/mol. The molecule has 1 amide bonds. The molecular formula is C16H25N3O2. The van der Waals surface area contributed by atoms with Crippen LogP contribution in [0.5, 0.6) is 5.75 Å². The molecule has 21 heavy (non-hydrogen) atoms. The van der Waals surface area contributed by atoms with E-state index in [0.717, 1.165) is 12.5 Å². The van der Waals surface area contributed by atoms with Crippen LogP contribution in [0.2, 0.25) is 0 Å². The minimum absolute atomic E-state index is 0.0209. The summed E-state index contributed by atoms with van der Waals surface area (Å²) in [5.41, 5.74) is 6.99. The van der Waals surface area contributed by atoms with Gasteiger partial charge in [0.2, 0.25) is 5.91 Å². The number of rotatable bonds is 7. The molecule has 0 bridgehead atoms. The maximum atomic E-state index is 12.2. The van der Waals surface area contributed by atoms with Gasteiger partial charge in [-0.3, -0.25) is 9.69 Å². The van der Waals surface area contributed by atoms with Gasteiger partial charge in [-0.1, -0.05) is 0 Å². The van der Waals surface area contributed by atoms with Gasteiger partial charge in [0.25, 0.3) is 0 Å². The summed E-state index contributed by atoms with van der Waals surface area (Å²) >= 11 is 0. The largest absolute Gasteiger partial charge is 0.494 e. The van der Waals surface area contributed by atoms with Gasteiger partial charge in [-0.05, 0) is 44.7 Å². The van der Waals surface area contributed by atoms with E-state index in [2.05, 4.69) is 24.1 Å². The number of carbonyl (C=O) groups is 1. The van der Waals surface area contributed by atoms with Crippen LogP contribution in [0.25, 0.3) is 0 Å². The molecule has 0 radical (unpaired) electrons. The summed E-state index contributed by atoms with van der Waals surface area (Å²) in [4.78, 5) is 14.5. The van der Waals surface area contributed by atoms with Crippen LogP contribution in [0.3, 0.4) is 0 Å². The zero-order valence-corrected chi connectivity index (χ0v) is 13.1. The smallest absolute Gasteiger partial charge is 0.238 e. The molecule has 116 valence electrons. The lowest BCUT2D eigenvalue weighted by Crippen LogP contribution is -2.39. The second-order valence-electron chi connectivity index (χ2n) is 5.97. The number of nitrogens with zero attached hydrogens (tertiary/aromatic N) is 1. The van der Waals surface area contributed by atoms with E-state index >= 15 is 0 Å². The first-order valence-electron chi connectivity index (χ1n) is 7.47. The number of hydrogen-bond acceptors (Lipinski definition) is 4. The molecule has 1 aromatic carbocycles. The number of amides is 1.